The highest BCUT2D eigenvalue weighted by molar-refractivity contribution is 9.10. The smallest absolute Gasteiger partial charge is 0.303 e. The molecule has 2 radical (unpaired) electrons. The van der Waals surface area contributed by atoms with E-state index in [2.05, 4.69) is 35.0 Å². The van der Waals surface area contributed by atoms with Crippen LogP contribution in [0, 0.1) is 24.7 Å². The number of carboxylic acids is 1. The molecule has 1 aliphatic rings. The quantitative estimate of drug-likeness (QED) is 0.215. The molecule has 1 heterocycles. The van der Waals surface area contributed by atoms with Crippen molar-refractivity contribution in [1.82, 2.24) is 0 Å². The van der Waals surface area contributed by atoms with E-state index in [-0.39, 0.29) is 24.2 Å². The van der Waals surface area contributed by atoms with E-state index in [0.717, 1.165) is 23.7 Å². The molecule has 1 fully saturated rings. The zero-order valence-electron chi connectivity index (χ0n) is 17.5. The number of thiophene rings is 1. The van der Waals surface area contributed by atoms with Crippen LogP contribution < -0.4 is 0 Å². The van der Waals surface area contributed by atoms with Crippen LogP contribution in [0.4, 0.5) is 0 Å². The van der Waals surface area contributed by atoms with Crippen molar-refractivity contribution >= 4 is 41.1 Å². The van der Waals surface area contributed by atoms with E-state index in [1.165, 1.54) is 9.75 Å². The van der Waals surface area contributed by atoms with E-state index in [1.54, 1.807) is 11.3 Å². The molecule has 1 aliphatic carbocycles. The fourth-order valence-electron chi connectivity index (χ4n) is 4.14. The Bertz CT molecular complexity index is 713. The number of allylic oxidation sites excluding steroid dienone is 3. The molecule has 0 spiro atoms. The number of aliphatic hydroxyl groups excluding tert-OH is 2. The lowest BCUT2D eigenvalue weighted by atomic mass is 9.80. The fraction of sp³-hybridized carbons (Fsp3) is 0.609. The van der Waals surface area contributed by atoms with Crippen molar-refractivity contribution in [3.63, 3.8) is 0 Å². The van der Waals surface area contributed by atoms with Crippen LogP contribution >= 0.6 is 27.3 Å². The molecule has 0 bridgehead atoms. The standard InChI is InChI=1S/C23H32BBrO4S/c1-15-21(25)13-18(30-15)10-8-17(26)9-11-19-16(14-24)12-22(27)20(19)6-4-2-3-5-7-23(28)29/h2,4,9,11,13,16-17,19-20,22,26-27H,3,5-8,10,12,14H2,1H3,(H,28,29)/b4-2-,11-9+/t16?,17-,19-,20+,22?/m0/s1. The molecule has 0 aliphatic heterocycles. The zero-order valence-corrected chi connectivity index (χ0v) is 19.9. The lowest BCUT2D eigenvalue weighted by Crippen LogP contribution is -2.19. The number of unbranched alkanes of at least 4 members (excludes halogenated alkanes) is 1. The molecule has 2 rings (SSSR count). The highest BCUT2D eigenvalue weighted by atomic mass is 79.9. The van der Waals surface area contributed by atoms with Gasteiger partial charge in [-0.25, -0.2) is 0 Å². The van der Waals surface area contributed by atoms with Crippen LogP contribution in [0.1, 0.15) is 48.3 Å². The topological polar surface area (TPSA) is 77.8 Å². The highest BCUT2D eigenvalue weighted by Gasteiger charge is 2.39. The van der Waals surface area contributed by atoms with Crippen LogP contribution in [0.15, 0.2) is 34.8 Å². The third-order valence-corrected chi connectivity index (χ3v) is 8.06. The number of hydrogen-bond acceptors (Lipinski definition) is 4. The summed E-state index contributed by atoms with van der Waals surface area (Å²) in [4.78, 5) is 13.1. The maximum atomic E-state index is 10.6. The Balaban J connectivity index is 1.88. The Morgan fingerprint density at radius 3 is 2.83 bits per heavy atom. The summed E-state index contributed by atoms with van der Waals surface area (Å²) in [6.07, 6.45) is 12.0. The Labute approximate surface area is 193 Å². The van der Waals surface area contributed by atoms with Crippen LogP contribution in [0.5, 0.6) is 0 Å². The summed E-state index contributed by atoms with van der Waals surface area (Å²) < 4.78 is 1.12. The normalized spacial score (nSPS) is 25.5. The van der Waals surface area contributed by atoms with Gasteiger partial charge in [-0.3, -0.25) is 4.79 Å². The third kappa shape index (κ3) is 7.99. The van der Waals surface area contributed by atoms with E-state index in [4.69, 9.17) is 13.0 Å². The lowest BCUT2D eigenvalue weighted by molar-refractivity contribution is -0.137. The second-order valence-corrected chi connectivity index (χ2v) is 10.3. The minimum Gasteiger partial charge on any atom is -0.481 e. The van der Waals surface area contributed by atoms with Gasteiger partial charge in [0.15, 0.2) is 0 Å². The number of rotatable bonds is 12. The van der Waals surface area contributed by atoms with Gasteiger partial charge in [0.2, 0.25) is 0 Å². The van der Waals surface area contributed by atoms with E-state index < -0.39 is 18.2 Å². The number of halogens is 1. The Hall–Kier alpha value is -0.885. The van der Waals surface area contributed by atoms with Crippen molar-refractivity contribution < 1.29 is 20.1 Å². The van der Waals surface area contributed by atoms with Gasteiger partial charge in [0.1, 0.15) is 0 Å². The van der Waals surface area contributed by atoms with Gasteiger partial charge in [0.25, 0.3) is 0 Å². The fourth-order valence-corrected chi connectivity index (χ4v) is 5.76. The molecular formula is C23H32BBrO4S. The number of carbonyl (C=O) groups is 1. The van der Waals surface area contributed by atoms with Crippen molar-refractivity contribution in [3.8, 4) is 0 Å². The first-order chi connectivity index (χ1) is 14.3. The predicted octanol–water partition coefficient (Wildman–Crippen LogP) is 5.07. The zero-order chi connectivity index (χ0) is 22.1. The second-order valence-electron chi connectivity index (χ2n) is 8.14. The second kappa shape index (κ2) is 12.8. The molecule has 0 amide bonds. The summed E-state index contributed by atoms with van der Waals surface area (Å²) in [5, 5.41) is 29.6. The average Bonchev–Trinajstić information content (AvgIpc) is 3.19. The summed E-state index contributed by atoms with van der Waals surface area (Å²) in [5.41, 5.74) is 0. The van der Waals surface area contributed by atoms with Gasteiger partial charge in [-0.2, -0.15) is 0 Å². The van der Waals surface area contributed by atoms with Gasteiger partial charge in [0.05, 0.1) is 20.1 Å². The van der Waals surface area contributed by atoms with Crippen molar-refractivity contribution in [2.75, 3.05) is 0 Å². The molecular weight excluding hydrogens is 463 g/mol. The molecule has 5 atom stereocenters. The minimum absolute atomic E-state index is 0.0774. The maximum Gasteiger partial charge on any atom is 0.303 e. The summed E-state index contributed by atoms with van der Waals surface area (Å²) in [6, 6.07) is 2.12. The number of hydrogen-bond donors (Lipinski definition) is 3. The summed E-state index contributed by atoms with van der Waals surface area (Å²) >= 11 is 5.28. The highest BCUT2D eigenvalue weighted by Crippen LogP contribution is 2.42. The van der Waals surface area contributed by atoms with Crippen LogP contribution in [-0.2, 0) is 11.2 Å². The van der Waals surface area contributed by atoms with Gasteiger partial charge >= 0.3 is 5.97 Å². The van der Waals surface area contributed by atoms with Crippen LogP contribution in [0.3, 0.4) is 0 Å². The first-order valence-corrected chi connectivity index (χ1v) is 12.3. The van der Waals surface area contributed by atoms with Crippen LogP contribution in [0.2, 0.25) is 6.32 Å². The van der Waals surface area contributed by atoms with Gasteiger partial charge < -0.3 is 15.3 Å². The SMILES string of the molecule is [B]CC1CC(O)[C@H](C/C=C\CCCC(=O)O)[C@H]1/C=C/[C@@H](O)CCc1cc(Br)c(C)s1. The predicted molar refractivity (Wildman–Crippen MR) is 127 cm³/mol. The molecule has 0 aromatic carbocycles. The van der Waals surface area contributed by atoms with Crippen LogP contribution in [0.25, 0.3) is 0 Å². The number of carboxylic acid groups (broad SMARTS) is 1. The molecule has 1 saturated carbocycles. The number of aliphatic carboxylic acids is 1. The largest absolute Gasteiger partial charge is 0.481 e. The van der Waals surface area contributed by atoms with E-state index in [1.807, 2.05) is 18.2 Å². The Kier molecular flexibility index (Phi) is 10.9. The molecule has 2 unspecified atom stereocenters. The van der Waals surface area contributed by atoms with Gasteiger partial charge in [-0.05, 0) is 85.2 Å². The lowest BCUT2D eigenvalue weighted by Gasteiger charge is -2.21. The molecule has 1 aromatic rings. The average molecular weight is 495 g/mol. The molecule has 3 N–H and O–H groups in total. The third-order valence-electron chi connectivity index (χ3n) is 5.87. The Morgan fingerprint density at radius 2 is 2.20 bits per heavy atom. The molecule has 164 valence electrons. The van der Waals surface area contributed by atoms with Crippen molar-refractivity contribution in [1.29, 1.82) is 0 Å². The molecule has 0 saturated heterocycles. The molecule has 4 nitrogen and oxygen atoms in total. The molecule has 1 aromatic heterocycles. The van der Waals surface area contributed by atoms with Crippen molar-refractivity contribution in [2.24, 2.45) is 17.8 Å². The van der Waals surface area contributed by atoms with E-state index in [0.29, 0.717) is 25.6 Å². The minimum atomic E-state index is -0.772. The number of aliphatic hydroxyl groups is 2. The first kappa shape index (κ1) is 25.4. The monoisotopic (exact) mass is 494 g/mol. The molecule has 30 heavy (non-hydrogen) atoms. The van der Waals surface area contributed by atoms with Crippen molar-refractivity contribution in [2.45, 2.75) is 70.4 Å². The van der Waals surface area contributed by atoms with Gasteiger partial charge in [0, 0.05) is 20.6 Å². The van der Waals surface area contributed by atoms with Gasteiger partial charge in [-0.15, -0.1) is 11.3 Å². The Morgan fingerprint density at radius 1 is 1.43 bits per heavy atom. The summed E-state index contributed by atoms with van der Waals surface area (Å²) in [6.45, 7) is 2.08. The number of aryl methyl sites for hydroxylation is 2. The van der Waals surface area contributed by atoms with Crippen LogP contribution in [-0.4, -0.2) is 41.3 Å². The first-order valence-electron chi connectivity index (χ1n) is 10.7. The van der Waals surface area contributed by atoms with Crippen molar-refractivity contribution in [3.05, 3.63) is 44.6 Å². The van der Waals surface area contributed by atoms with E-state index in [9.17, 15) is 15.0 Å². The van der Waals surface area contributed by atoms with E-state index >= 15 is 0 Å². The maximum absolute atomic E-state index is 10.6. The molecule has 7 heteroatoms. The van der Waals surface area contributed by atoms with Gasteiger partial charge in [-0.1, -0.05) is 30.6 Å². The summed E-state index contributed by atoms with van der Waals surface area (Å²) in [7, 11) is 5.94. The summed E-state index contributed by atoms with van der Waals surface area (Å²) in [5.74, 6) is -0.342.